The monoisotopic (exact) mass is 348 g/mol. The van der Waals surface area contributed by atoms with E-state index in [1.165, 1.54) is 18.3 Å². The summed E-state index contributed by atoms with van der Waals surface area (Å²) in [7, 11) is 1.59. The zero-order valence-electron chi connectivity index (χ0n) is 11.2. The highest BCUT2D eigenvalue weighted by Crippen LogP contribution is 2.22. The number of halogens is 1. The summed E-state index contributed by atoms with van der Waals surface area (Å²) in [6, 6.07) is 11.8. The number of amides is 1. The van der Waals surface area contributed by atoms with Gasteiger partial charge in [-0.3, -0.25) is 4.79 Å². The molecule has 0 unspecified atom stereocenters. The van der Waals surface area contributed by atoms with Gasteiger partial charge in [0.15, 0.2) is 0 Å². The van der Waals surface area contributed by atoms with Gasteiger partial charge < -0.3 is 9.84 Å². The van der Waals surface area contributed by atoms with E-state index in [-0.39, 0.29) is 11.3 Å². The lowest BCUT2D eigenvalue weighted by Gasteiger charge is -2.03. The molecule has 2 rings (SSSR count). The van der Waals surface area contributed by atoms with Gasteiger partial charge in [0.1, 0.15) is 11.5 Å². The highest BCUT2D eigenvalue weighted by atomic mass is 79.9. The summed E-state index contributed by atoms with van der Waals surface area (Å²) in [6.07, 6.45) is 1.51. The van der Waals surface area contributed by atoms with Crippen LogP contribution in [-0.2, 0) is 0 Å². The third-order valence-electron chi connectivity index (χ3n) is 2.70. The molecule has 2 aromatic rings. The van der Waals surface area contributed by atoms with E-state index >= 15 is 0 Å². The average molecular weight is 349 g/mol. The molecule has 0 saturated carbocycles. The molecule has 0 aliphatic rings. The molecule has 108 valence electrons. The predicted octanol–water partition coefficient (Wildman–Crippen LogP) is 2.93. The molecule has 2 aromatic carbocycles. The van der Waals surface area contributed by atoms with Crippen molar-refractivity contribution >= 4 is 28.1 Å². The molecule has 0 fully saturated rings. The Labute approximate surface area is 130 Å². The van der Waals surface area contributed by atoms with Crippen LogP contribution >= 0.6 is 15.9 Å². The first kappa shape index (κ1) is 15.1. The maximum Gasteiger partial charge on any atom is 0.275 e. The van der Waals surface area contributed by atoms with Crippen molar-refractivity contribution in [1.82, 2.24) is 5.43 Å². The van der Waals surface area contributed by atoms with Crippen LogP contribution < -0.4 is 10.2 Å². The predicted molar refractivity (Wildman–Crippen MR) is 83.9 cm³/mol. The largest absolute Gasteiger partial charge is 0.507 e. The van der Waals surface area contributed by atoms with Gasteiger partial charge in [-0.15, -0.1) is 0 Å². The summed E-state index contributed by atoms with van der Waals surface area (Å²) in [5.74, 6) is 0.155. The van der Waals surface area contributed by atoms with Crippen LogP contribution in [0.4, 0.5) is 0 Å². The number of methoxy groups -OCH3 is 1. The molecule has 0 aliphatic heterocycles. The molecule has 2 N–H and O–H groups in total. The first-order chi connectivity index (χ1) is 10.1. The van der Waals surface area contributed by atoms with Crippen molar-refractivity contribution in [3.05, 3.63) is 58.1 Å². The fraction of sp³-hybridized carbons (Fsp3) is 0.0667. The lowest BCUT2D eigenvalue weighted by atomic mass is 10.2. The van der Waals surface area contributed by atoms with E-state index in [9.17, 15) is 9.90 Å². The quantitative estimate of drug-likeness (QED) is 0.659. The van der Waals surface area contributed by atoms with E-state index in [0.717, 1.165) is 11.3 Å². The van der Waals surface area contributed by atoms with E-state index in [1.807, 2.05) is 12.1 Å². The van der Waals surface area contributed by atoms with Crippen molar-refractivity contribution in [3.63, 3.8) is 0 Å². The van der Waals surface area contributed by atoms with E-state index < -0.39 is 5.91 Å². The Balaban J connectivity index is 2.01. The van der Waals surface area contributed by atoms with E-state index in [1.54, 1.807) is 25.3 Å². The lowest BCUT2D eigenvalue weighted by molar-refractivity contribution is 0.0952. The number of carbonyl (C=O) groups is 1. The lowest BCUT2D eigenvalue weighted by Crippen LogP contribution is -2.17. The van der Waals surface area contributed by atoms with E-state index in [2.05, 4.69) is 26.5 Å². The van der Waals surface area contributed by atoms with Crippen molar-refractivity contribution in [3.8, 4) is 11.5 Å². The SMILES string of the molecule is COc1ccc(/C=N/NC(=O)c2ccc(Br)cc2O)cc1. The van der Waals surface area contributed by atoms with Crippen LogP contribution in [0.3, 0.4) is 0 Å². The van der Waals surface area contributed by atoms with E-state index in [0.29, 0.717) is 4.47 Å². The van der Waals surface area contributed by atoms with Gasteiger partial charge in [0, 0.05) is 4.47 Å². The number of hydrogen-bond acceptors (Lipinski definition) is 4. The van der Waals surface area contributed by atoms with Crippen LogP contribution in [0.1, 0.15) is 15.9 Å². The average Bonchev–Trinajstić information content (AvgIpc) is 2.47. The summed E-state index contributed by atoms with van der Waals surface area (Å²) in [5.41, 5.74) is 3.33. The Bertz CT molecular complexity index is 669. The molecule has 0 radical (unpaired) electrons. The number of rotatable bonds is 4. The Morgan fingerprint density at radius 2 is 2.00 bits per heavy atom. The Morgan fingerprint density at radius 3 is 2.62 bits per heavy atom. The highest BCUT2D eigenvalue weighted by molar-refractivity contribution is 9.10. The summed E-state index contributed by atoms with van der Waals surface area (Å²) >= 11 is 3.21. The molecule has 0 heterocycles. The Morgan fingerprint density at radius 1 is 1.29 bits per heavy atom. The first-order valence-corrected chi connectivity index (χ1v) is 6.85. The maximum absolute atomic E-state index is 11.8. The minimum absolute atomic E-state index is 0.110. The van der Waals surface area contributed by atoms with Crippen LogP contribution in [0, 0.1) is 0 Å². The number of hydrazone groups is 1. The van der Waals surface area contributed by atoms with Crippen LogP contribution in [0.2, 0.25) is 0 Å². The Hall–Kier alpha value is -2.34. The number of aromatic hydroxyl groups is 1. The van der Waals surface area contributed by atoms with Crippen LogP contribution in [0.15, 0.2) is 52.0 Å². The molecule has 0 saturated heterocycles. The molecular weight excluding hydrogens is 336 g/mol. The van der Waals surface area contributed by atoms with Gasteiger partial charge in [-0.1, -0.05) is 15.9 Å². The number of phenols is 1. The van der Waals surface area contributed by atoms with Crippen molar-refractivity contribution in [2.45, 2.75) is 0 Å². The summed E-state index contributed by atoms with van der Waals surface area (Å²) < 4.78 is 5.74. The minimum atomic E-state index is -0.482. The van der Waals surface area contributed by atoms with Crippen molar-refractivity contribution in [1.29, 1.82) is 0 Å². The molecule has 0 aliphatic carbocycles. The number of ether oxygens (including phenoxy) is 1. The molecule has 5 nitrogen and oxygen atoms in total. The highest BCUT2D eigenvalue weighted by Gasteiger charge is 2.10. The Kier molecular flexibility index (Phi) is 4.94. The number of hydrogen-bond donors (Lipinski definition) is 2. The maximum atomic E-state index is 11.8. The topological polar surface area (TPSA) is 70.9 Å². The molecule has 0 spiro atoms. The standard InChI is InChI=1S/C15H13BrN2O3/c1-21-12-5-2-10(3-6-12)9-17-18-15(20)13-7-4-11(16)8-14(13)19/h2-9,19H,1H3,(H,18,20)/b17-9+. The zero-order valence-corrected chi connectivity index (χ0v) is 12.8. The van der Waals surface area contributed by atoms with Crippen molar-refractivity contribution in [2.75, 3.05) is 7.11 Å². The normalized spacial score (nSPS) is 10.6. The van der Waals surface area contributed by atoms with Gasteiger partial charge in [-0.05, 0) is 48.0 Å². The summed E-state index contributed by atoms with van der Waals surface area (Å²) in [6.45, 7) is 0. The third kappa shape index (κ3) is 4.06. The van der Waals surface area contributed by atoms with E-state index in [4.69, 9.17) is 4.74 Å². The second-order valence-corrected chi connectivity index (χ2v) is 5.05. The van der Waals surface area contributed by atoms with Gasteiger partial charge >= 0.3 is 0 Å². The molecule has 6 heteroatoms. The van der Waals surface area contributed by atoms with Gasteiger partial charge in [0.2, 0.25) is 0 Å². The second-order valence-electron chi connectivity index (χ2n) is 4.13. The molecular formula is C15H13BrN2O3. The molecule has 1 amide bonds. The van der Waals surface area contributed by atoms with Crippen LogP contribution in [0.25, 0.3) is 0 Å². The van der Waals surface area contributed by atoms with Crippen molar-refractivity contribution < 1.29 is 14.6 Å². The fourth-order valence-corrected chi connectivity index (χ4v) is 1.96. The van der Waals surface area contributed by atoms with Crippen LogP contribution in [0.5, 0.6) is 11.5 Å². The van der Waals surface area contributed by atoms with Gasteiger partial charge in [-0.25, -0.2) is 5.43 Å². The van der Waals surface area contributed by atoms with Gasteiger partial charge in [-0.2, -0.15) is 5.10 Å². The van der Waals surface area contributed by atoms with Crippen molar-refractivity contribution in [2.24, 2.45) is 5.10 Å². The number of nitrogens with one attached hydrogen (secondary N) is 1. The molecule has 0 aromatic heterocycles. The zero-order chi connectivity index (χ0) is 15.2. The molecule has 0 atom stereocenters. The molecule has 21 heavy (non-hydrogen) atoms. The third-order valence-corrected chi connectivity index (χ3v) is 3.19. The fourth-order valence-electron chi connectivity index (χ4n) is 1.61. The van der Waals surface area contributed by atoms with Gasteiger partial charge in [0.05, 0.1) is 18.9 Å². The second kappa shape index (κ2) is 6.90. The number of carbonyl (C=O) groups excluding carboxylic acids is 1. The van der Waals surface area contributed by atoms with Gasteiger partial charge in [0.25, 0.3) is 5.91 Å². The first-order valence-electron chi connectivity index (χ1n) is 6.06. The number of nitrogens with zero attached hydrogens (tertiary/aromatic N) is 1. The smallest absolute Gasteiger partial charge is 0.275 e. The number of phenolic OH excluding ortho intramolecular Hbond substituents is 1. The molecule has 0 bridgehead atoms. The summed E-state index contributed by atoms with van der Waals surface area (Å²) in [4.78, 5) is 11.8. The minimum Gasteiger partial charge on any atom is -0.507 e. The van der Waals surface area contributed by atoms with Crippen LogP contribution in [-0.4, -0.2) is 24.3 Å². The number of benzene rings is 2. The summed E-state index contributed by atoms with van der Waals surface area (Å²) in [5, 5.41) is 13.5.